The van der Waals surface area contributed by atoms with Gasteiger partial charge in [0.05, 0.1) is 0 Å². The third kappa shape index (κ3) is 2.84. The van der Waals surface area contributed by atoms with Crippen LogP contribution in [0.5, 0.6) is 0 Å². The monoisotopic (exact) mass is 219 g/mol. The molecule has 86 valence electrons. The van der Waals surface area contributed by atoms with Crippen LogP contribution in [0, 0.1) is 18.7 Å². The Hall–Kier alpha value is -1.31. The lowest BCUT2D eigenvalue weighted by atomic mass is 9.94. The lowest BCUT2D eigenvalue weighted by Crippen LogP contribution is -2.15. The molecule has 1 aromatic rings. The molecule has 0 amide bonds. The lowest BCUT2D eigenvalue weighted by Gasteiger charge is -2.19. The highest BCUT2D eigenvalue weighted by atomic mass is 19.1. The first-order valence-electron chi connectivity index (χ1n) is 5.91. The molecule has 0 spiro atoms. The van der Waals surface area contributed by atoms with E-state index in [0.29, 0.717) is 0 Å². The molecule has 1 N–H and O–H groups in total. The summed E-state index contributed by atoms with van der Waals surface area (Å²) in [6.45, 7) is 2.92. The first-order chi connectivity index (χ1) is 7.75. The van der Waals surface area contributed by atoms with Crippen molar-refractivity contribution in [1.29, 1.82) is 0 Å². The molecule has 0 aliphatic heterocycles. The van der Waals surface area contributed by atoms with Crippen molar-refractivity contribution in [1.82, 2.24) is 0 Å². The molecular formula is C14H18FN. The van der Waals surface area contributed by atoms with Gasteiger partial charge in [-0.15, -0.1) is 0 Å². The molecule has 1 aliphatic carbocycles. The van der Waals surface area contributed by atoms with Crippen LogP contribution in [0.25, 0.3) is 0 Å². The minimum atomic E-state index is -0.163. The van der Waals surface area contributed by atoms with Gasteiger partial charge >= 0.3 is 0 Å². The number of rotatable bonds is 3. The molecule has 0 bridgehead atoms. The second-order valence-electron chi connectivity index (χ2n) is 4.49. The second-order valence-corrected chi connectivity index (χ2v) is 4.49. The Labute approximate surface area is 96.4 Å². The molecule has 1 nitrogen and oxygen atoms in total. The van der Waals surface area contributed by atoms with Gasteiger partial charge in [-0.25, -0.2) is 4.39 Å². The highest BCUT2D eigenvalue weighted by Gasteiger charge is 2.09. The van der Waals surface area contributed by atoms with E-state index >= 15 is 0 Å². The van der Waals surface area contributed by atoms with Gasteiger partial charge in [-0.1, -0.05) is 12.2 Å². The van der Waals surface area contributed by atoms with Gasteiger partial charge in [0.15, 0.2) is 0 Å². The van der Waals surface area contributed by atoms with Gasteiger partial charge in [0.25, 0.3) is 0 Å². The van der Waals surface area contributed by atoms with Crippen molar-refractivity contribution in [2.75, 3.05) is 11.9 Å². The predicted octanol–water partition coefficient (Wildman–Crippen LogP) is 3.90. The Morgan fingerprint density at radius 3 is 2.94 bits per heavy atom. The van der Waals surface area contributed by atoms with E-state index in [1.54, 1.807) is 6.07 Å². The fourth-order valence-electron chi connectivity index (χ4n) is 2.12. The topological polar surface area (TPSA) is 12.0 Å². The standard InChI is InChI=1S/C14H18FN/c1-11-9-13(15)7-8-14(11)16-10-12-5-3-2-4-6-12/h2-3,7-9,12,16H,4-6,10H2,1H3. The van der Waals surface area contributed by atoms with Gasteiger partial charge in [0, 0.05) is 12.2 Å². The number of halogens is 1. The van der Waals surface area contributed by atoms with Crippen LogP contribution in [0.15, 0.2) is 30.4 Å². The van der Waals surface area contributed by atoms with Crippen molar-refractivity contribution in [3.63, 3.8) is 0 Å². The van der Waals surface area contributed by atoms with E-state index in [-0.39, 0.29) is 5.82 Å². The number of allylic oxidation sites excluding steroid dienone is 2. The second kappa shape index (κ2) is 5.15. The molecule has 1 unspecified atom stereocenters. The van der Waals surface area contributed by atoms with Crippen LogP contribution in [-0.4, -0.2) is 6.54 Å². The third-order valence-corrected chi connectivity index (χ3v) is 3.15. The average molecular weight is 219 g/mol. The largest absolute Gasteiger partial charge is 0.385 e. The molecule has 0 heterocycles. The van der Waals surface area contributed by atoms with Gasteiger partial charge in [-0.3, -0.25) is 0 Å². The Morgan fingerprint density at radius 2 is 2.25 bits per heavy atom. The quantitative estimate of drug-likeness (QED) is 0.760. The summed E-state index contributed by atoms with van der Waals surface area (Å²) < 4.78 is 12.9. The molecule has 1 aliphatic rings. The van der Waals surface area contributed by atoms with Crippen molar-refractivity contribution in [3.8, 4) is 0 Å². The summed E-state index contributed by atoms with van der Waals surface area (Å²) in [5, 5.41) is 3.41. The van der Waals surface area contributed by atoms with E-state index in [9.17, 15) is 4.39 Å². The number of benzene rings is 1. The van der Waals surface area contributed by atoms with Gasteiger partial charge in [-0.2, -0.15) is 0 Å². The maximum atomic E-state index is 12.9. The summed E-state index contributed by atoms with van der Waals surface area (Å²) in [6, 6.07) is 4.91. The normalized spacial score (nSPS) is 19.8. The highest BCUT2D eigenvalue weighted by Crippen LogP contribution is 2.21. The number of hydrogen-bond acceptors (Lipinski definition) is 1. The molecule has 0 saturated carbocycles. The third-order valence-electron chi connectivity index (χ3n) is 3.15. The van der Waals surface area contributed by atoms with Crippen LogP contribution in [0.3, 0.4) is 0 Å². The fraction of sp³-hybridized carbons (Fsp3) is 0.429. The predicted molar refractivity (Wildman–Crippen MR) is 66.1 cm³/mol. The van der Waals surface area contributed by atoms with E-state index in [2.05, 4.69) is 17.5 Å². The Bertz CT molecular complexity index is 384. The number of aryl methyl sites for hydroxylation is 1. The van der Waals surface area contributed by atoms with Crippen LogP contribution in [0.2, 0.25) is 0 Å². The molecule has 0 aromatic heterocycles. The van der Waals surface area contributed by atoms with Crippen LogP contribution in [0.1, 0.15) is 24.8 Å². The molecule has 0 saturated heterocycles. The summed E-state index contributed by atoms with van der Waals surface area (Å²) in [5.41, 5.74) is 2.03. The molecule has 16 heavy (non-hydrogen) atoms. The molecule has 2 rings (SSSR count). The Morgan fingerprint density at radius 1 is 1.38 bits per heavy atom. The first-order valence-corrected chi connectivity index (χ1v) is 5.91. The Balaban J connectivity index is 1.91. The molecule has 1 atom stereocenters. The molecule has 2 heteroatoms. The van der Waals surface area contributed by atoms with Gasteiger partial charge in [0.2, 0.25) is 0 Å². The van der Waals surface area contributed by atoms with E-state index in [4.69, 9.17) is 0 Å². The van der Waals surface area contributed by atoms with Gasteiger partial charge < -0.3 is 5.32 Å². The summed E-state index contributed by atoms with van der Waals surface area (Å²) in [7, 11) is 0. The number of hydrogen-bond donors (Lipinski definition) is 1. The van der Waals surface area contributed by atoms with Crippen LogP contribution in [0.4, 0.5) is 10.1 Å². The maximum absolute atomic E-state index is 12.9. The Kier molecular flexibility index (Phi) is 3.60. The zero-order chi connectivity index (χ0) is 11.4. The van der Waals surface area contributed by atoms with Crippen molar-refractivity contribution in [3.05, 3.63) is 41.7 Å². The van der Waals surface area contributed by atoms with Crippen LogP contribution < -0.4 is 5.32 Å². The zero-order valence-electron chi connectivity index (χ0n) is 9.67. The van der Waals surface area contributed by atoms with Crippen molar-refractivity contribution in [2.24, 2.45) is 5.92 Å². The number of anilines is 1. The minimum Gasteiger partial charge on any atom is -0.385 e. The summed E-state index contributed by atoms with van der Waals surface area (Å²) in [4.78, 5) is 0. The fourth-order valence-corrected chi connectivity index (χ4v) is 2.12. The van der Waals surface area contributed by atoms with Crippen molar-refractivity contribution in [2.45, 2.75) is 26.2 Å². The molecule has 0 radical (unpaired) electrons. The molecular weight excluding hydrogens is 201 g/mol. The summed E-state index contributed by atoms with van der Waals surface area (Å²) in [5.74, 6) is 0.554. The molecule has 0 fully saturated rings. The number of nitrogens with one attached hydrogen (secondary N) is 1. The van der Waals surface area contributed by atoms with E-state index in [0.717, 1.165) is 30.1 Å². The van der Waals surface area contributed by atoms with Crippen LogP contribution >= 0.6 is 0 Å². The first kappa shape index (κ1) is 11.2. The van der Waals surface area contributed by atoms with Crippen molar-refractivity contribution < 1.29 is 4.39 Å². The lowest BCUT2D eigenvalue weighted by molar-refractivity contribution is 0.504. The minimum absolute atomic E-state index is 0.163. The van der Waals surface area contributed by atoms with Gasteiger partial charge in [-0.05, 0) is 55.9 Å². The zero-order valence-corrected chi connectivity index (χ0v) is 9.67. The van der Waals surface area contributed by atoms with Crippen molar-refractivity contribution >= 4 is 5.69 Å². The van der Waals surface area contributed by atoms with E-state index < -0.39 is 0 Å². The van der Waals surface area contributed by atoms with Gasteiger partial charge in [0.1, 0.15) is 5.82 Å². The maximum Gasteiger partial charge on any atom is 0.123 e. The smallest absolute Gasteiger partial charge is 0.123 e. The summed E-state index contributed by atoms with van der Waals surface area (Å²) >= 11 is 0. The van der Waals surface area contributed by atoms with E-state index in [1.165, 1.54) is 18.9 Å². The molecule has 1 aromatic carbocycles. The summed E-state index contributed by atoms with van der Waals surface area (Å²) in [6.07, 6.45) is 8.11. The SMILES string of the molecule is Cc1cc(F)ccc1NCC1CC=CCC1. The average Bonchev–Trinajstić information content (AvgIpc) is 2.29. The van der Waals surface area contributed by atoms with Crippen LogP contribution in [-0.2, 0) is 0 Å². The van der Waals surface area contributed by atoms with E-state index in [1.807, 2.05) is 13.0 Å². The highest BCUT2D eigenvalue weighted by molar-refractivity contribution is 5.50.